The molecule has 1 aliphatic heterocycles. The predicted octanol–water partition coefficient (Wildman–Crippen LogP) is 1.94. The molecule has 6 heteroatoms. The van der Waals surface area contributed by atoms with Crippen LogP contribution in [0.3, 0.4) is 0 Å². The summed E-state index contributed by atoms with van der Waals surface area (Å²) in [6.45, 7) is 7.37. The minimum atomic E-state index is -0.708. The summed E-state index contributed by atoms with van der Waals surface area (Å²) in [4.78, 5) is 16.6. The Balaban J connectivity index is 2.07. The second-order valence-corrected chi connectivity index (χ2v) is 7.04. The van der Waals surface area contributed by atoms with Crippen LogP contribution in [0.5, 0.6) is 0 Å². The molecule has 0 aliphatic carbocycles. The van der Waals surface area contributed by atoms with E-state index >= 15 is 0 Å². The molecule has 0 saturated carbocycles. The van der Waals surface area contributed by atoms with Crippen molar-refractivity contribution in [2.24, 2.45) is 0 Å². The van der Waals surface area contributed by atoms with E-state index in [1.807, 2.05) is 26.0 Å². The van der Waals surface area contributed by atoms with Gasteiger partial charge in [-0.15, -0.1) is 0 Å². The van der Waals surface area contributed by atoms with E-state index in [1.54, 1.807) is 12.1 Å². The number of benzene rings is 1. The first-order chi connectivity index (χ1) is 10.8. The Kier molecular flexibility index (Phi) is 6.03. The zero-order valence-corrected chi connectivity index (χ0v) is 14.7. The van der Waals surface area contributed by atoms with Gasteiger partial charge >= 0.3 is 5.97 Å². The molecule has 0 amide bonds. The molecule has 1 saturated heterocycles. The lowest BCUT2D eigenvalue weighted by atomic mass is 10.0. The first-order valence-corrected chi connectivity index (χ1v) is 8.20. The van der Waals surface area contributed by atoms with Crippen LogP contribution in [-0.2, 0) is 9.53 Å². The van der Waals surface area contributed by atoms with Crippen LogP contribution in [-0.4, -0.2) is 66.3 Å². The molecule has 1 aromatic rings. The van der Waals surface area contributed by atoms with Crippen LogP contribution in [0, 0.1) is 0 Å². The van der Waals surface area contributed by atoms with Gasteiger partial charge in [0.05, 0.1) is 12.7 Å². The molecule has 128 valence electrons. The van der Waals surface area contributed by atoms with Gasteiger partial charge in [0.2, 0.25) is 0 Å². The number of ether oxygens (including phenoxy) is 1. The highest BCUT2D eigenvalue weighted by Crippen LogP contribution is 2.25. The molecule has 1 aromatic carbocycles. The lowest BCUT2D eigenvalue weighted by molar-refractivity contribution is -0.148. The van der Waals surface area contributed by atoms with Crippen molar-refractivity contribution in [2.45, 2.75) is 25.5 Å². The summed E-state index contributed by atoms with van der Waals surface area (Å²) in [5.41, 5.74) is 0.178. The molecule has 1 aliphatic rings. The van der Waals surface area contributed by atoms with Crippen LogP contribution >= 0.6 is 11.6 Å². The third-order valence-corrected chi connectivity index (χ3v) is 4.24. The van der Waals surface area contributed by atoms with Gasteiger partial charge in [0, 0.05) is 37.7 Å². The van der Waals surface area contributed by atoms with E-state index < -0.39 is 11.6 Å². The molecular formula is C17H25ClN2O3. The maximum Gasteiger partial charge on any atom is 0.327 e. The van der Waals surface area contributed by atoms with E-state index in [-0.39, 0.29) is 5.97 Å². The van der Waals surface area contributed by atoms with E-state index in [4.69, 9.17) is 16.3 Å². The van der Waals surface area contributed by atoms with Crippen molar-refractivity contribution in [1.82, 2.24) is 9.80 Å². The average Bonchev–Trinajstić information content (AvgIpc) is 2.49. The predicted molar refractivity (Wildman–Crippen MR) is 90.5 cm³/mol. The summed E-state index contributed by atoms with van der Waals surface area (Å²) >= 11 is 5.94. The Morgan fingerprint density at radius 2 is 1.83 bits per heavy atom. The number of piperazine rings is 1. The van der Waals surface area contributed by atoms with Crippen molar-refractivity contribution in [1.29, 1.82) is 0 Å². The van der Waals surface area contributed by atoms with Gasteiger partial charge in [-0.1, -0.05) is 23.7 Å². The highest BCUT2D eigenvalue weighted by atomic mass is 35.5. The van der Waals surface area contributed by atoms with Crippen molar-refractivity contribution >= 4 is 17.6 Å². The SMILES string of the molecule is COC(=O)C(c1ccc(Cl)cc1)N1CCN(CC(C)(C)O)CC1. The molecule has 1 heterocycles. The smallest absolute Gasteiger partial charge is 0.327 e. The van der Waals surface area contributed by atoms with Crippen molar-refractivity contribution in [3.8, 4) is 0 Å². The second-order valence-electron chi connectivity index (χ2n) is 6.60. The summed E-state index contributed by atoms with van der Waals surface area (Å²) in [5, 5.41) is 10.6. The molecule has 5 nitrogen and oxygen atoms in total. The third kappa shape index (κ3) is 5.18. The van der Waals surface area contributed by atoms with Gasteiger partial charge in [-0.3, -0.25) is 9.80 Å². The van der Waals surface area contributed by atoms with Crippen LogP contribution in [0.15, 0.2) is 24.3 Å². The van der Waals surface area contributed by atoms with E-state index in [9.17, 15) is 9.90 Å². The van der Waals surface area contributed by atoms with Crippen LogP contribution in [0.1, 0.15) is 25.5 Å². The van der Waals surface area contributed by atoms with Crippen LogP contribution in [0.2, 0.25) is 5.02 Å². The summed E-state index contributed by atoms with van der Waals surface area (Å²) in [6.07, 6.45) is 0. The van der Waals surface area contributed by atoms with Gasteiger partial charge in [0.1, 0.15) is 6.04 Å². The molecule has 1 unspecified atom stereocenters. The quantitative estimate of drug-likeness (QED) is 0.830. The first-order valence-electron chi connectivity index (χ1n) is 7.82. The standard InChI is InChI=1S/C17H25ClN2O3/c1-17(2,22)12-19-8-10-20(11-9-19)15(16(21)23-3)13-4-6-14(18)7-5-13/h4-7,15,22H,8-12H2,1-3H3. The Hall–Kier alpha value is -1.14. The number of aliphatic hydroxyl groups is 1. The minimum absolute atomic E-state index is 0.261. The number of rotatable bonds is 5. The van der Waals surface area contributed by atoms with E-state index in [0.717, 1.165) is 31.7 Å². The van der Waals surface area contributed by atoms with Gasteiger partial charge in [0.25, 0.3) is 0 Å². The van der Waals surface area contributed by atoms with Crippen molar-refractivity contribution in [3.63, 3.8) is 0 Å². The van der Waals surface area contributed by atoms with E-state index in [0.29, 0.717) is 11.6 Å². The number of β-amino-alcohol motifs (C(OH)–C–C–N with tert-alkyl or cyclic N) is 1. The van der Waals surface area contributed by atoms with E-state index in [1.165, 1.54) is 7.11 Å². The first kappa shape index (κ1) is 18.2. The number of hydrogen-bond donors (Lipinski definition) is 1. The summed E-state index contributed by atoms with van der Waals surface area (Å²) in [5.74, 6) is -0.261. The number of nitrogens with zero attached hydrogens (tertiary/aromatic N) is 2. The molecule has 1 fully saturated rings. The zero-order chi connectivity index (χ0) is 17.0. The molecule has 23 heavy (non-hydrogen) atoms. The normalized spacial score (nSPS) is 18.7. The van der Waals surface area contributed by atoms with Crippen LogP contribution in [0.4, 0.5) is 0 Å². The summed E-state index contributed by atoms with van der Waals surface area (Å²) < 4.78 is 4.99. The fourth-order valence-electron chi connectivity index (χ4n) is 2.98. The lowest BCUT2D eigenvalue weighted by Crippen LogP contribution is -2.52. The van der Waals surface area contributed by atoms with Crippen molar-refractivity contribution < 1.29 is 14.6 Å². The Morgan fingerprint density at radius 3 is 2.30 bits per heavy atom. The molecule has 0 aromatic heterocycles. The maximum atomic E-state index is 12.3. The third-order valence-electron chi connectivity index (χ3n) is 3.99. The van der Waals surface area contributed by atoms with Crippen LogP contribution in [0.25, 0.3) is 0 Å². The molecular weight excluding hydrogens is 316 g/mol. The molecule has 0 spiro atoms. The second kappa shape index (κ2) is 7.62. The van der Waals surface area contributed by atoms with E-state index in [2.05, 4.69) is 9.80 Å². The summed E-state index contributed by atoms with van der Waals surface area (Å²) in [7, 11) is 1.41. The molecule has 0 bridgehead atoms. The Labute approximate surface area is 142 Å². The maximum absolute atomic E-state index is 12.3. The van der Waals surface area contributed by atoms with Gasteiger partial charge in [-0.25, -0.2) is 4.79 Å². The number of esters is 1. The number of carbonyl (C=O) groups is 1. The number of hydrogen-bond acceptors (Lipinski definition) is 5. The number of halogens is 1. The molecule has 0 radical (unpaired) electrons. The lowest BCUT2D eigenvalue weighted by Gasteiger charge is -2.40. The average molecular weight is 341 g/mol. The number of methoxy groups -OCH3 is 1. The monoisotopic (exact) mass is 340 g/mol. The van der Waals surface area contributed by atoms with Gasteiger partial charge < -0.3 is 9.84 Å². The van der Waals surface area contributed by atoms with Crippen molar-refractivity contribution in [2.75, 3.05) is 39.8 Å². The Bertz CT molecular complexity index is 520. The van der Waals surface area contributed by atoms with Crippen molar-refractivity contribution in [3.05, 3.63) is 34.9 Å². The number of carbonyl (C=O) groups excluding carboxylic acids is 1. The molecule has 1 atom stereocenters. The topological polar surface area (TPSA) is 53.0 Å². The van der Waals surface area contributed by atoms with Gasteiger partial charge in [-0.2, -0.15) is 0 Å². The van der Waals surface area contributed by atoms with Gasteiger partial charge in [0.15, 0.2) is 0 Å². The molecule has 2 rings (SSSR count). The van der Waals surface area contributed by atoms with Crippen LogP contribution < -0.4 is 0 Å². The zero-order valence-electron chi connectivity index (χ0n) is 14.0. The Morgan fingerprint density at radius 1 is 1.26 bits per heavy atom. The summed E-state index contributed by atoms with van der Waals surface area (Å²) in [6, 6.07) is 6.90. The minimum Gasteiger partial charge on any atom is -0.468 e. The molecule has 1 N–H and O–H groups in total. The fraction of sp³-hybridized carbons (Fsp3) is 0.588. The highest BCUT2D eigenvalue weighted by Gasteiger charge is 2.32. The fourth-order valence-corrected chi connectivity index (χ4v) is 3.11. The largest absolute Gasteiger partial charge is 0.468 e. The van der Waals surface area contributed by atoms with Gasteiger partial charge in [-0.05, 0) is 31.5 Å². The highest BCUT2D eigenvalue weighted by molar-refractivity contribution is 6.30.